The third-order valence-electron chi connectivity index (χ3n) is 3.19. The highest BCUT2D eigenvalue weighted by Crippen LogP contribution is 2.27. The molecule has 2 rings (SSSR count). The Hall–Kier alpha value is -1.75. The largest absolute Gasteiger partial charge is 0.494 e. The molecule has 19 heavy (non-hydrogen) atoms. The average molecular weight is 264 g/mol. The molecule has 1 aromatic rings. The summed E-state index contributed by atoms with van der Waals surface area (Å²) in [5, 5.41) is 0. The lowest BCUT2D eigenvalue weighted by molar-refractivity contribution is -0.0586. The summed E-state index contributed by atoms with van der Waals surface area (Å²) in [6.45, 7) is 5.10. The van der Waals surface area contributed by atoms with Gasteiger partial charge in [-0.3, -0.25) is 4.79 Å². The van der Waals surface area contributed by atoms with Crippen molar-refractivity contribution in [2.45, 2.75) is 26.1 Å². The number of carbonyl (C=O) groups is 1. The van der Waals surface area contributed by atoms with E-state index in [2.05, 4.69) is 0 Å². The van der Waals surface area contributed by atoms with Gasteiger partial charge in [-0.1, -0.05) is 6.07 Å². The number of para-hydroxylation sites is 1. The molecule has 1 fully saturated rings. The third-order valence-corrected chi connectivity index (χ3v) is 3.19. The van der Waals surface area contributed by atoms with Gasteiger partial charge in [0.2, 0.25) is 0 Å². The maximum Gasteiger partial charge on any atom is 0.257 e. The number of rotatable bonds is 2. The minimum absolute atomic E-state index is 0.0414. The van der Waals surface area contributed by atoms with E-state index in [9.17, 15) is 4.79 Å². The number of hydrogen-bond acceptors (Lipinski definition) is 4. The molecule has 0 aliphatic carbocycles. The van der Waals surface area contributed by atoms with Crippen LogP contribution in [0.15, 0.2) is 18.2 Å². The van der Waals surface area contributed by atoms with Crippen molar-refractivity contribution in [3.8, 4) is 5.75 Å². The van der Waals surface area contributed by atoms with E-state index >= 15 is 0 Å². The number of anilines is 1. The van der Waals surface area contributed by atoms with Gasteiger partial charge in [-0.05, 0) is 26.0 Å². The van der Waals surface area contributed by atoms with Gasteiger partial charge in [0, 0.05) is 13.1 Å². The van der Waals surface area contributed by atoms with Crippen LogP contribution in [0.2, 0.25) is 0 Å². The van der Waals surface area contributed by atoms with E-state index in [-0.39, 0.29) is 18.1 Å². The normalized spacial score (nSPS) is 23.2. The van der Waals surface area contributed by atoms with E-state index in [0.29, 0.717) is 30.1 Å². The molecule has 0 bridgehead atoms. The molecule has 2 atom stereocenters. The highest BCUT2D eigenvalue weighted by molar-refractivity contribution is 5.98. The van der Waals surface area contributed by atoms with Gasteiger partial charge in [0.1, 0.15) is 0 Å². The maximum atomic E-state index is 12.6. The minimum atomic E-state index is -0.0637. The second-order valence-corrected chi connectivity index (χ2v) is 4.90. The predicted molar refractivity (Wildman–Crippen MR) is 73.3 cm³/mol. The maximum absolute atomic E-state index is 12.6. The van der Waals surface area contributed by atoms with Crippen LogP contribution >= 0.6 is 0 Å². The van der Waals surface area contributed by atoms with Crippen molar-refractivity contribution in [3.05, 3.63) is 23.8 Å². The van der Waals surface area contributed by atoms with E-state index in [0.717, 1.165) is 0 Å². The van der Waals surface area contributed by atoms with Crippen molar-refractivity contribution >= 4 is 11.6 Å². The second-order valence-electron chi connectivity index (χ2n) is 4.90. The lowest BCUT2D eigenvalue weighted by Gasteiger charge is -2.35. The summed E-state index contributed by atoms with van der Waals surface area (Å²) < 4.78 is 10.9. The van der Waals surface area contributed by atoms with E-state index in [4.69, 9.17) is 15.2 Å². The number of nitrogens with zero attached hydrogens (tertiary/aromatic N) is 1. The summed E-state index contributed by atoms with van der Waals surface area (Å²) in [5.41, 5.74) is 6.81. The molecule has 1 aliphatic rings. The molecule has 0 radical (unpaired) electrons. The number of ether oxygens (including phenoxy) is 2. The van der Waals surface area contributed by atoms with Gasteiger partial charge in [-0.15, -0.1) is 0 Å². The Balaban J connectivity index is 2.26. The predicted octanol–water partition coefficient (Wildman–Crippen LogP) is 1.53. The zero-order valence-corrected chi connectivity index (χ0v) is 11.6. The van der Waals surface area contributed by atoms with Crippen LogP contribution < -0.4 is 10.5 Å². The highest BCUT2D eigenvalue weighted by Gasteiger charge is 2.28. The first kappa shape index (κ1) is 13.7. The van der Waals surface area contributed by atoms with Crippen molar-refractivity contribution in [2.75, 3.05) is 25.9 Å². The lowest BCUT2D eigenvalue weighted by Crippen LogP contribution is -2.48. The molecule has 0 saturated carbocycles. The fourth-order valence-electron chi connectivity index (χ4n) is 2.47. The van der Waals surface area contributed by atoms with Crippen molar-refractivity contribution < 1.29 is 14.3 Å². The smallest absolute Gasteiger partial charge is 0.257 e. The van der Waals surface area contributed by atoms with Gasteiger partial charge in [0.05, 0.1) is 30.6 Å². The van der Waals surface area contributed by atoms with Crippen molar-refractivity contribution in [2.24, 2.45) is 0 Å². The van der Waals surface area contributed by atoms with E-state index in [1.54, 1.807) is 23.1 Å². The minimum Gasteiger partial charge on any atom is -0.494 e. The average Bonchev–Trinajstić information content (AvgIpc) is 2.36. The van der Waals surface area contributed by atoms with Crippen molar-refractivity contribution in [3.63, 3.8) is 0 Å². The molecule has 2 unspecified atom stereocenters. The van der Waals surface area contributed by atoms with Crippen molar-refractivity contribution in [1.29, 1.82) is 0 Å². The number of carbonyl (C=O) groups excluding carboxylic acids is 1. The molecule has 1 saturated heterocycles. The first-order valence-electron chi connectivity index (χ1n) is 6.40. The number of benzene rings is 1. The highest BCUT2D eigenvalue weighted by atomic mass is 16.5. The van der Waals surface area contributed by atoms with E-state index in [1.807, 2.05) is 13.8 Å². The molecular formula is C14H20N2O3. The molecule has 0 aromatic heterocycles. The first-order valence-corrected chi connectivity index (χ1v) is 6.40. The van der Waals surface area contributed by atoms with Crippen LogP contribution in [0.4, 0.5) is 5.69 Å². The number of nitrogen functional groups attached to an aromatic ring is 1. The number of methoxy groups -OCH3 is 1. The van der Waals surface area contributed by atoms with Crippen LogP contribution in [-0.4, -0.2) is 43.2 Å². The van der Waals surface area contributed by atoms with Gasteiger partial charge in [0.15, 0.2) is 5.75 Å². The Kier molecular flexibility index (Phi) is 3.95. The molecule has 2 N–H and O–H groups in total. The number of morpholine rings is 1. The van der Waals surface area contributed by atoms with Gasteiger partial charge in [-0.25, -0.2) is 0 Å². The van der Waals surface area contributed by atoms with Crippen LogP contribution in [-0.2, 0) is 4.74 Å². The summed E-state index contributed by atoms with van der Waals surface area (Å²) in [5.74, 6) is 0.380. The molecule has 1 heterocycles. The molecule has 0 spiro atoms. The fraction of sp³-hybridized carbons (Fsp3) is 0.500. The molecule has 5 heteroatoms. The van der Waals surface area contributed by atoms with Crippen LogP contribution in [0.3, 0.4) is 0 Å². The summed E-state index contributed by atoms with van der Waals surface area (Å²) in [4.78, 5) is 14.3. The molecular weight excluding hydrogens is 244 g/mol. The molecule has 1 amide bonds. The van der Waals surface area contributed by atoms with Crippen LogP contribution in [0.5, 0.6) is 5.75 Å². The summed E-state index contributed by atoms with van der Waals surface area (Å²) >= 11 is 0. The monoisotopic (exact) mass is 264 g/mol. The van der Waals surface area contributed by atoms with Crippen LogP contribution in [0, 0.1) is 0 Å². The van der Waals surface area contributed by atoms with Gasteiger partial charge in [0.25, 0.3) is 5.91 Å². The Bertz CT molecular complexity index is 466. The standard InChI is InChI=1S/C14H20N2O3/c1-9-7-16(8-10(2)19-9)14(17)11-5-4-6-12(15)13(11)18-3/h4-6,9-10H,7-8,15H2,1-3H3. The fourth-order valence-corrected chi connectivity index (χ4v) is 2.47. The van der Waals surface area contributed by atoms with E-state index in [1.165, 1.54) is 7.11 Å². The SMILES string of the molecule is COc1c(N)cccc1C(=O)N1CC(C)OC(C)C1. The summed E-state index contributed by atoms with van der Waals surface area (Å²) in [6, 6.07) is 5.22. The Morgan fingerprint density at radius 3 is 2.58 bits per heavy atom. The quantitative estimate of drug-likeness (QED) is 0.823. The number of nitrogens with two attached hydrogens (primary N) is 1. The zero-order valence-electron chi connectivity index (χ0n) is 11.6. The second kappa shape index (κ2) is 5.48. The van der Waals surface area contributed by atoms with Gasteiger partial charge in [-0.2, -0.15) is 0 Å². The molecule has 1 aliphatic heterocycles. The van der Waals surface area contributed by atoms with Gasteiger partial charge >= 0.3 is 0 Å². The first-order chi connectivity index (χ1) is 9.02. The zero-order chi connectivity index (χ0) is 14.0. The number of amides is 1. The van der Waals surface area contributed by atoms with Crippen LogP contribution in [0.1, 0.15) is 24.2 Å². The Labute approximate surface area is 113 Å². The van der Waals surface area contributed by atoms with Crippen LogP contribution in [0.25, 0.3) is 0 Å². The third kappa shape index (κ3) is 2.81. The number of hydrogen-bond donors (Lipinski definition) is 1. The summed E-state index contributed by atoms with van der Waals surface area (Å²) in [7, 11) is 1.52. The summed E-state index contributed by atoms with van der Waals surface area (Å²) in [6.07, 6.45) is 0.0829. The van der Waals surface area contributed by atoms with Crippen molar-refractivity contribution in [1.82, 2.24) is 4.90 Å². The topological polar surface area (TPSA) is 64.8 Å². The molecule has 5 nitrogen and oxygen atoms in total. The molecule has 104 valence electrons. The van der Waals surface area contributed by atoms with Gasteiger partial charge < -0.3 is 20.1 Å². The molecule has 1 aromatic carbocycles. The Morgan fingerprint density at radius 1 is 1.37 bits per heavy atom. The van der Waals surface area contributed by atoms with E-state index < -0.39 is 0 Å². The Morgan fingerprint density at radius 2 is 2.00 bits per heavy atom. The lowest BCUT2D eigenvalue weighted by atomic mass is 10.1.